The van der Waals surface area contributed by atoms with Gasteiger partial charge < -0.3 is 4.42 Å². The molecule has 0 N–H and O–H groups in total. The van der Waals surface area contributed by atoms with E-state index in [-0.39, 0.29) is 22.3 Å². The Morgan fingerprint density at radius 3 is 2.42 bits per heavy atom. The largest absolute Gasteiger partial charge is 0.411 e. The molecular weight excluding hydrogens is 434 g/mol. The minimum Gasteiger partial charge on any atom is -0.411 e. The van der Waals surface area contributed by atoms with Gasteiger partial charge in [-0.2, -0.15) is 4.31 Å². The number of hydrogen-bond acceptors (Lipinski definition) is 7. The monoisotopic (exact) mass is 457 g/mol. The molecular formula is C22H23N3O4S2. The van der Waals surface area contributed by atoms with E-state index in [4.69, 9.17) is 4.42 Å². The van der Waals surface area contributed by atoms with Crippen LogP contribution in [0.1, 0.15) is 30.1 Å². The average molecular weight is 458 g/mol. The van der Waals surface area contributed by atoms with Crippen molar-refractivity contribution in [3.8, 4) is 11.5 Å². The lowest BCUT2D eigenvalue weighted by atomic mass is 10.0. The molecule has 1 aliphatic heterocycles. The summed E-state index contributed by atoms with van der Waals surface area (Å²) in [7, 11) is -3.50. The molecule has 31 heavy (non-hydrogen) atoms. The number of carbonyl (C=O) groups excluding carboxylic acids is 1. The minimum atomic E-state index is -3.50. The van der Waals surface area contributed by atoms with Gasteiger partial charge in [-0.1, -0.05) is 49.0 Å². The number of sulfonamides is 1. The molecule has 0 bridgehead atoms. The summed E-state index contributed by atoms with van der Waals surface area (Å²) in [5.41, 5.74) is 1.26. The van der Waals surface area contributed by atoms with Crippen LogP contribution in [0.4, 0.5) is 0 Å². The van der Waals surface area contributed by atoms with Crippen molar-refractivity contribution in [1.82, 2.24) is 14.5 Å². The van der Waals surface area contributed by atoms with Gasteiger partial charge in [0.2, 0.25) is 15.9 Å². The van der Waals surface area contributed by atoms with Crippen molar-refractivity contribution in [3.05, 3.63) is 60.2 Å². The summed E-state index contributed by atoms with van der Waals surface area (Å²) < 4.78 is 32.9. The van der Waals surface area contributed by atoms with Gasteiger partial charge >= 0.3 is 0 Å². The molecule has 0 radical (unpaired) electrons. The fourth-order valence-corrected chi connectivity index (χ4v) is 5.49. The average Bonchev–Trinajstić information content (AvgIpc) is 3.27. The van der Waals surface area contributed by atoms with Crippen LogP contribution < -0.4 is 0 Å². The Bertz CT molecular complexity index is 1140. The summed E-state index contributed by atoms with van der Waals surface area (Å²) in [5, 5.41) is 8.29. The number of aromatic nitrogens is 2. The van der Waals surface area contributed by atoms with Crippen molar-refractivity contribution in [2.45, 2.75) is 29.9 Å². The van der Waals surface area contributed by atoms with E-state index in [2.05, 4.69) is 17.1 Å². The smallest absolute Gasteiger partial charge is 0.277 e. The van der Waals surface area contributed by atoms with Crippen molar-refractivity contribution in [3.63, 3.8) is 0 Å². The molecule has 1 aliphatic rings. The molecule has 4 rings (SSSR count). The van der Waals surface area contributed by atoms with Gasteiger partial charge in [0, 0.05) is 24.2 Å². The molecule has 0 saturated carbocycles. The van der Waals surface area contributed by atoms with Gasteiger partial charge in [0.25, 0.3) is 5.22 Å². The van der Waals surface area contributed by atoms with E-state index in [9.17, 15) is 13.2 Å². The van der Waals surface area contributed by atoms with Crippen molar-refractivity contribution >= 4 is 27.6 Å². The lowest BCUT2D eigenvalue weighted by Crippen LogP contribution is -2.37. The lowest BCUT2D eigenvalue weighted by Gasteiger charge is -2.29. The zero-order chi connectivity index (χ0) is 21.8. The second-order valence-electron chi connectivity index (χ2n) is 7.56. The first-order valence-corrected chi connectivity index (χ1v) is 12.5. The van der Waals surface area contributed by atoms with Crippen LogP contribution in [-0.4, -0.2) is 47.5 Å². The van der Waals surface area contributed by atoms with E-state index < -0.39 is 10.0 Å². The molecule has 0 atom stereocenters. The highest BCUT2D eigenvalue weighted by atomic mass is 32.2. The maximum absolute atomic E-state index is 12.9. The van der Waals surface area contributed by atoms with Crippen LogP contribution in [0.3, 0.4) is 0 Å². The van der Waals surface area contributed by atoms with E-state index in [0.29, 0.717) is 35.4 Å². The number of thioether (sulfide) groups is 1. The van der Waals surface area contributed by atoms with Gasteiger partial charge in [0.05, 0.1) is 10.6 Å². The topological polar surface area (TPSA) is 93.4 Å². The van der Waals surface area contributed by atoms with E-state index in [0.717, 1.165) is 12.8 Å². The molecule has 9 heteroatoms. The fraction of sp³-hybridized carbons (Fsp3) is 0.318. The Kier molecular flexibility index (Phi) is 6.54. The Morgan fingerprint density at radius 1 is 1.06 bits per heavy atom. The molecule has 1 aromatic heterocycles. The first-order chi connectivity index (χ1) is 14.9. The number of carbonyl (C=O) groups is 1. The Balaban J connectivity index is 1.40. The molecule has 1 saturated heterocycles. The van der Waals surface area contributed by atoms with Gasteiger partial charge in [-0.3, -0.25) is 4.79 Å². The summed E-state index contributed by atoms with van der Waals surface area (Å²) in [4.78, 5) is 12.5. The zero-order valence-electron chi connectivity index (χ0n) is 17.1. The first kappa shape index (κ1) is 21.7. The molecule has 3 aromatic rings. The van der Waals surface area contributed by atoms with E-state index in [1.54, 1.807) is 40.7 Å². The Hall–Kier alpha value is -2.49. The maximum atomic E-state index is 12.9. The van der Waals surface area contributed by atoms with Gasteiger partial charge in [0.15, 0.2) is 5.78 Å². The second-order valence-corrected chi connectivity index (χ2v) is 10.4. The summed E-state index contributed by atoms with van der Waals surface area (Å²) in [6, 6.07) is 15.5. The van der Waals surface area contributed by atoms with Gasteiger partial charge in [0.1, 0.15) is 0 Å². The van der Waals surface area contributed by atoms with E-state index >= 15 is 0 Å². The first-order valence-electron chi connectivity index (χ1n) is 10.1. The third kappa shape index (κ3) is 5.06. The fourth-order valence-electron chi connectivity index (χ4n) is 3.36. The SMILES string of the molecule is CC1CCN(S(=O)(=O)c2ccc(-c3nnc(SCC(=O)c4ccccc4)o3)cc2)CC1. The number of nitrogens with zero attached hydrogens (tertiary/aromatic N) is 3. The van der Waals surface area contributed by atoms with Crippen LogP contribution in [-0.2, 0) is 10.0 Å². The van der Waals surface area contributed by atoms with Crippen molar-refractivity contribution < 1.29 is 17.6 Å². The third-order valence-corrected chi connectivity index (χ3v) is 8.04. The number of ketones is 1. The molecule has 2 aromatic carbocycles. The van der Waals surface area contributed by atoms with Crippen LogP contribution in [0, 0.1) is 5.92 Å². The molecule has 0 spiro atoms. The standard InChI is InChI=1S/C22H23N3O4S2/c1-16-11-13-25(14-12-16)31(27,28)19-9-7-18(8-10-19)21-23-24-22(29-21)30-15-20(26)17-5-3-2-4-6-17/h2-10,16H,11-15H2,1H3. The highest BCUT2D eigenvalue weighted by Gasteiger charge is 2.28. The predicted molar refractivity (Wildman–Crippen MR) is 118 cm³/mol. The van der Waals surface area contributed by atoms with Gasteiger partial charge in [-0.05, 0) is 43.0 Å². The van der Waals surface area contributed by atoms with Gasteiger partial charge in [-0.15, -0.1) is 10.2 Å². The summed E-state index contributed by atoms with van der Waals surface area (Å²) in [6.07, 6.45) is 1.76. The molecule has 0 unspecified atom stereocenters. The summed E-state index contributed by atoms with van der Waals surface area (Å²) in [5.74, 6) is 1.01. The van der Waals surface area contributed by atoms with Crippen molar-refractivity contribution in [2.75, 3.05) is 18.8 Å². The lowest BCUT2D eigenvalue weighted by molar-refractivity contribution is 0.102. The maximum Gasteiger partial charge on any atom is 0.277 e. The molecule has 2 heterocycles. The Labute approximate surface area is 185 Å². The van der Waals surface area contributed by atoms with Crippen LogP contribution in [0.5, 0.6) is 0 Å². The van der Waals surface area contributed by atoms with Crippen LogP contribution in [0.25, 0.3) is 11.5 Å². The minimum absolute atomic E-state index is 0.0213. The molecule has 162 valence electrons. The molecule has 7 nitrogen and oxygen atoms in total. The van der Waals surface area contributed by atoms with Crippen molar-refractivity contribution in [2.24, 2.45) is 5.92 Å². The predicted octanol–water partition coefficient (Wildman–Crippen LogP) is 4.13. The number of rotatable bonds is 7. The van der Waals surface area contributed by atoms with Gasteiger partial charge in [-0.25, -0.2) is 8.42 Å². The molecule has 0 aliphatic carbocycles. The van der Waals surface area contributed by atoms with Crippen LogP contribution in [0.2, 0.25) is 0 Å². The van der Waals surface area contributed by atoms with Crippen LogP contribution >= 0.6 is 11.8 Å². The number of benzene rings is 2. The molecule has 1 fully saturated rings. The third-order valence-electron chi connectivity index (χ3n) is 5.31. The second kappa shape index (κ2) is 9.33. The van der Waals surface area contributed by atoms with E-state index in [1.807, 2.05) is 18.2 Å². The van der Waals surface area contributed by atoms with E-state index in [1.165, 1.54) is 11.8 Å². The highest BCUT2D eigenvalue weighted by Crippen LogP contribution is 2.27. The van der Waals surface area contributed by atoms with Crippen LogP contribution in [0.15, 0.2) is 69.1 Å². The van der Waals surface area contributed by atoms with Crippen molar-refractivity contribution in [1.29, 1.82) is 0 Å². The summed E-state index contributed by atoms with van der Waals surface area (Å²) >= 11 is 1.17. The summed E-state index contributed by atoms with van der Waals surface area (Å²) in [6.45, 7) is 3.25. The number of piperidine rings is 1. The molecule has 0 amide bonds. The normalized spacial score (nSPS) is 15.8. The highest BCUT2D eigenvalue weighted by molar-refractivity contribution is 7.99. The number of hydrogen-bond donors (Lipinski definition) is 0. The Morgan fingerprint density at radius 2 is 1.74 bits per heavy atom. The quantitative estimate of drug-likeness (QED) is 0.389. The number of Topliss-reactive ketones (excluding diaryl/α,β-unsaturated/α-hetero) is 1. The zero-order valence-corrected chi connectivity index (χ0v) is 18.7.